The fourth-order valence-corrected chi connectivity index (χ4v) is 5.03. The smallest absolute Gasteiger partial charge is 0.336 e. The lowest BCUT2D eigenvalue weighted by molar-refractivity contribution is -0.230. The Morgan fingerprint density at radius 2 is 1.62 bits per heavy atom. The van der Waals surface area contributed by atoms with Crippen LogP contribution in [0.2, 0.25) is 0 Å². The molecule has 0 spiro atoms. The van der Waals surface area contributed by atoms with Gasteiger partial charge in [-0.05, 0) is 39.5 Å². The first-order valence-corrected chi connectivity index (χ1v) is 13.3. The first-order valence-electron chi connectivity index (χ1n) is 11.7. The van der Waals surface area contributed by atoms with Gasteiger partial charge in [-0.1, -0.05) is 46.0 Å². The Hall–Kier alpha value is -1.72. The number of aliphatic hydroxyl groups is 1. The van der Waals surface area contributed by atoms with Gasteiger partial charge in [-0.3, -0.25) is 9.59 Å². The quantitative estimate of drug-likeness (QED) is 0.156. The van der Waals surface area contributed by atoms with Gasteiger partial charge < -0.3 is 20.3 Å². The van der Waals surface area contributed by atoms with E-state index in [1.165, 1.54) is 20.8 Å². The second-order valence-corrected chi connectivity index (χ2v) is 12.5. The zero-order valence-electron chi connectivity index (χ0n) is 21.2. The van der Waals surface area contributed by atoms with E-state index in [4.69, 9.17) is 8.92 Å². The first-order chi connectivity index (χ1) is 15.4. The Morgan fingerprint density at radius 3 is 2.09 bits per heavy atom. The Kier molecular flexibility index (Phi) is 10.5. The van der Waals surface area contributed by atoms with Gasteiger partial charge in [0.15, 0.2) is 5.60 Å². The monoisotopic (exact) mass is 507 g/mol. The number of esters is 1. The van der Waals surface area contributed by atoms with Gasteiger partial charge in [0.05, 0.1) is 16.6 Å². The van der Waals surface area contributed by atoms with Gasteiger partial charge >= 0.3 is 11.9 Å². The molecule has 0 aromatic heterocycles. The van der Waals surface area contributed by atoms with Crippen LogP contribution in [0, 0.1) is 16.7 Å². The van der Waals surface area contributed by atoms with E-state index in [0.29, 0.717) is 0 Å². The van der Waals surface area contributed by atoms with Crippen LogP contribution in [0.4, 0.5) is 0 Å². The van der Waals surface area contributed by atoms with Crippen LogP contribution in [0.3, 0.4) is 0 Å². The third-order valence-electron chi connectivity index (χ3n) is 6.32. The summed E-state index contributed by atoms with van der Waals surface area (Å²) in [5.41, 5.74) is -5.26. The number of aliphatic carboxylic acids is 1. The number of carboxylic acids is 1. The van der Waals surface area contributed by atoms with Crippen LogP contribution in [0.15, 0.2) is 0 Å². The predicted octanol–water partition coefficient (Wildman–Crippen LogP) is 2.59. The third-order valence-corrected chi connectivity index (χ3v) is 7.58. The number of ether oxygens (including phenoxy) is 1. The molecule has 1 aliphatic carbocycles. The summed E-state index contributed by atoms with van der Waals surface area (Å²) in [7, 11) is -4.30. The average molecular weight is 508 g/mol. The number of carbonyl (C=O) groups excluding carboxylic acids is 2. The summed E-state index contributed by atoms with van der Waals surface area (Å²) < 4.78 is 36.1. The predicted molar refractivity (Wildman–Crippen MR) is 125 cm³/mol. The lowest BCUT2D eigenvalue weighted by Crippen LogP contribution is -2.60. The molecule has 11 heteroatoms. The highest BCUT2D eigenvalue weighted by molar-refractivity contribution is 7.86. The second-order valence-electron chi connectivity index (χ2n) is 10.8. The summed E-state index contributed by atoms with van der Waals surface area (Å²) in [6, 6.07) is 0. The summed E-state index contributed by atoms with van der Waals surface area (Å²) in [6.07, 6.45) is 2.41. The molecule has 1 saturated carbocycles. The lowest BCUT2D eigenvalue weighted by atomic mass is 9.67. The number of hydrogen-bond donors (Lipinski definition) is 3. The molecule has 10 nitrogen and oxygen atoms in total. The SMILES string of the molecule is CC(=O)NCCCS(=O)(=O)OC(OC(=O)C(C)(C)C)C(C)(C)[C@](O)(CC1CCCCC1)C(=O)O. The van der Waals surface area contributed by atoms with Crippen LogP contribution in [0.1, 0.15) is 86.5 Å². The highest BCUT2D eigenvalue weighted by Crippen LogP contribution is 2.44. The van der Waals surface area contributed by atoms with Gasteiger partial charge in [0.2, 0.25) is 12.2 Å². The largest absolute Gasteiger partial charge is 0.479 e. The highest BCUT2D eigenvalue weighted by atomic mass is 32.2. The normalized spacial score (nSPS) is 18.6. The fraction of sp³-hybridized carbons (Fsp3) is 0.870. The molecule has 0 saturated heterocycles. The molecule has 0 bridgehead atoms. The third kappa shape index (κ3) is 8.49. The zero-order valence-corrected chi connectivity index (χ0v) is 22.0. The van der Waals surface area contributed by atoms with E-state index in [0.717, 1.165) is 32.1 Å². The van der Waals surface area contributed by atoms with Crippen molar-refractivity contribution < 1.29 is 41.9 Å². The Labute approximate surface area is 202 Å². The number of hydrogen-bond acceptors (Lipinski definition) is 8. The van der Waals surface area contributed by atoms with Crippen LogP contribution in [0.5, 0.6) is 0 Å². The van der Waals surface area contributed by atoms with Crippen LogP contribution >= 0.6 is 0 Å². The van der Waals surface area contributed by atoms with Crippen LogP contribution in [0.25, 0.3) is 0 Å². The van der Waals surface area contributed by atoms with Crippen LogP contribution in [-0.4, -0.2) is 60.7 Å². The van der Waals surface area contributed by atoms with Crippen molar-refractivity contribution in [2.24, 2.45) is 16.7 Å². The van der Waals surface area contributed by atoms with Crippen LogP contribution < -0.4 is 5.32 Å². The van der Waals surface area contributed by atoms with Crippen molar-refractivity contribution in [2.75, 3.05) is 12.3 Å². The van der Waals surface area contributed by atoms with E-state index in [-0.39, 0.29) is 31.2 Å². The zero-order chi connectivity index (χ0) is 26.4. The molecular weight excluding hydrogens is 466 g/mol. The standard InChI is InChI=1S/C23H41NO9S/c1-16(25)24-13-10-14-34(30,31)33-20(32-19(28)21(2,3)4)22(5,6)23(29,18(26)27)15-17-11-8-7-9-12-17/h17,20,29H,7-15H2,1-6H3,(H,24,25)(H,26,27)/t20?,23-/m0/s1. The first kappa shape index (κ1) is 30.3. The van der Waals surface area contributed by atoms with Gasteiger partial charge in [0, 0.05) is 13.5 Å². The Balaban J connectivity index is 3.25. The molecule has 0 heterocycles. The fourth-order valence-electron chi connectivity index (χ4n) is 3.89. The Morgan fingerprint density at radius 1 is 1.06 bits per heavy atom. The molecule has 2 atom stereocenters. The average Bonchev–Trinajstić information content (AvgIpc) is 2.70. The molecule has 0 aromatic carbocycles. The number of nitrogens with one attached hydrogen (secondary N) is 1. The number of carbonyl (C=O) groups is 3. The van der Waals surface area contributed by atoms with Gasteiger partial charge in [0.25, 0.3) is 10.1 Å². The summed E-state index contributed by atoms with van der Waals surface area (Å²) in [6.45, 7) is 8.74. The summed E-state index contributed by atoms with van der Waals surface area (Å²) in [4.78, 5) is 36.0. The van der Waals surface area contributed by atoms with Crippen molar-refractivity contribution in [1.29, 1.82) is 0 Å². The van der Waals surface area contributed by atoms with E-state index in [1.54, 1.807) is 20.8 Å². The van der Waals surface area contributed by atoms with Crippen LogP contribution in [-0.2, 0) is 33.4 Å². The molecular formula is C23H41NO9S. The minimum atomic E-state index is -4.30. The molecule has 198 valence electrons. The molecule has 0 aliphatic heterocycles. The lowest BCUT2D eigenvalue weighted by Gasteiger charge is -2.45. The van der Waals surface area contributed by atoms with Gasteiger partial charge in [-0.15, -0.1) is 0 Å². The minimum absolute atomic E-state index is 0.0353. The molecule has 1 fully saturated rings. The van der Waals surface area contributed by atoms with E-state index in [9.17, 15) is 33.0 Å². The number of carboxylic acid groups (broad SMARTS) is 1. The Bertz CT molecular complexity index is 826. The maximum absolute atomic E-state index is 12.7. The van der Waals surface area contributed by atoms with E-state index in [2.05, 4.69) is 5.32 Å². The molecule has 1 unspecified atom stereocenters. The minimum Gasteiger partial charge on any atom is -0.479 e. The number of rotatable bonds is 12. The summed E-state index contributed by atoms with van der Waals surface area (Å²) >= 11 is 0. The second kappa shape index (κ2) is 11.8. The van der Waals surface area contributed by atoms with Crippen molar-refractivity contribution in [2.45, 2.75) is 98.4 Å². The maximum Gasteiger partial charge on any atom is 0.336 e. The summed E-state index contributed by atoms with van der Waals surface area (Å²) in [5.74, 6) is -3.22. The van der Waals surface area contributed by atoms with Gasteiger partial charge in [-0.2, -0.15) is 8.42 Å². The molecule has 3 N–H and O–H groups in total. The van der Waals surface area contributed by atoms with Crippen molar-refractivity contribution in [3.05, 3.63) is 0 Å². The topological polar surface area (TPSA) is 156 Å². The van der Waals surface area contributed by atoms with E-state index >= 15 is 0 Å². The van der Waals surface area contributed by atoms with Crippen molar-refractivity contribution in [3.8, 4) is 0 Å². The maximum atomic E-state index is 12.7. The molecule has 34 heavy (non-hydrogen) atoms. The molecule has 1 amide bonds. The molecule has 1 aliphatic rings. The van der Waals surface area contributed by atoms with Gasteiger partial charge in [-0.25, -0.2) is 8.98 Å². The molecule has 0 aromatic rings. The van der Waals surface area contributed by atoms with E-state index in [1.807, 2.05) is 0 Å². The summed E-state index contributed by atoms with van der Waals surface area (Å²) in [5, 5.41) is 23.9. The van der Waals surface area contributed by atoms with Gasteiger partial charge in [0.1, 0.15) is 0 Å². The van der Waals surface area contributed by atoms with Crippen molar-refractivity contribution in [1.82, 2.24) is 5.32 Å². The molecule has 0 radical (unpaired) electrons. The molecule has 1 rings (SSSR count). The van der Waals surface area contributed by atoms with E-state index < -0.39 is 50.5 Å². The number of amides is 1. The highest BCUT2D eigenvalue weighted by Gasteiger charge is 2.58. The van der Waals surface area contributed by atoms with Crippen molar-refractivity contribution in [3.63, 3.8) is 0 Å². The van der Waals surface area contributed by atoms with Crippen molar-refractivity contribution >= 4 is 28.0 Å².